The molecule has 0 saturated carbocycles. The van der Waals surface area contributed by atoms with E-state index in [2.05, 4.69) is 27.7 Å². The first-order chi connectivity index (χ1) is 4.83. The molecular formula is C12H36B. The van der Waals surface area contributed by atoms with Crippen LogP contribution in [0.3, 0.4) is 0 Å². The second kappa shape index (κ2) is 346. The van der Waals surface area contributed by atoms with Crippen LogP contribution in [0, 0.1) is 0 Å². The van der Waals surface area contributed by atoms with Crippen LogP contribution in [0.5, 0.6) is 0 Å². The minimum Gasteiger partial charge on any atom is -0.0776 e. The van der Waals surface area contributed by atoms with Crippen molar-refractivity contribution in [1.82, 2.24) is 0 Å². The van der Waals surface area contributed by atoms with Crippen LogP contribution < -0.4 is 0 Å². The molecule has 0 fully saturated rings. The molecule has 0 heterocycles. The molecule has 0 aliphatic rings. The molecule has 0 unspecified atom stereocenters. The van der Waals surface area contributed by atoms with E-state index >= 15 is 0 Å². The van der Waals surface area contributed by atoms with Gasteiger partial charge in [-0.25, -0.2) is 0 Å². The Kier molecular flexibility index (Phi) is 1380. The van der Waals surface area contributed by atoms with Crippen molar-refractivity contribution in [3.8, 4) is 0 Å². The number of rotatable bonds is 0. The third-order valence-corrected chi connectivity index (χ3v) is 0. The standard InChI is InChI=1S/2C3H8.2C2H6.2CH4.B/c2*1-3-2;2*1-2;;;/h2*3H2,1-2H3;2*1-2H3;2*1H4;. The lowest BCUT2D eigenvalue weighted by molar-refractivity contribution is 1.09. The highest BCUT2D eigenvalue weighted by Gasteiger charge is 1.36. The summed E-state index contributed by atoms with van der Waals surface area (Å²) in [6.07, 6.45) is 2.50. The Bertz CT molecular complexity index is 7.09. The first-order valence-corrected chi connectivity index (χ1v) is 4.83. The van der Waals surface area contributed by atoms with Crippen LogP contribution >= 0.6 is 0 Å². The van der Waals surface area contributed by atoms with Gasteiger partial charge in [0.25, 0.3) is 0 Å². The molecule has 0 rings (SSSR count). The summed E-state index contributed by atoms with van der Waals surface area (Å²) in [5, 5.41) is 0. The van der Waals surface area contributed by atoms with Crippen molar-refractivity contribution in [2.45, 2.75) is 83.1 Å². The Hall–Kier alpha value is 0.0649. The van der Waals surface area contributed by atoms with Crippen molar-refractivity contribution in [2.75, 3.05) is 0 Å². The Labute approximate surface area is 92.1 Å². The highest BCUT2D eigenvalue weighted by atomic mass is 13.4. The molecule has 0 aliphatic heterocycles. The van der Waals surface area contributed by atoms with Gasteiger partial charge in [-0.15, -0.1) is 0 Å². The SMILES string of the molecule is C.C.CC.CC.CCC.CCC.[B]. The van der Waals surface area contributed by atoms with Gasteiger partial charge in [-0.2, -0.15) is 0 Å². The van der Waals surface area contributed by atoms with Crippen molar-refractivity contribution in [3.63, 3.8) is 0 Å². The predicted molar refractivity (Wildman–Crippen MR) is 73.8 cm³/mol. The zero-order valence-corrected chi connectivity index (χ0v) is 9.99. The van der Waals surface area contributed by atoms with Gasteiger partial charge in [-0.05, 0) is 0 Å². The van der Waals surface area contributed by atoms with Crippen molar-refractivity contribution in [1.29, 1.82) is 0 Å². The smallest absolute Gasteiger partial charge is 0 e. The van der Waals surface area contributed by atoms with Crippen LogP contribution in [0.2, 0.25) is 0 Å². The zero-order valence-electron chi connectivity index (χ0n) is 9.99. The van der Waals surface area contributed by atoms with Gasteiger partial charge >= 0.3 is 0 Å². The molecule has 0 bridgehead atoms. The van der Waals surface area contributed by atoms with Crippen molar-refractivity contribution in [3.05, 3.63) is 0 Å². The Morgan fingerprint density at radius 1 is 0.538 bits per heavy atom. The molecular weight excluding hydrogens is 155 g/mol. The molecule has 0 atom stereocenters. The summed E-state index contributed by atoms with van der Waals surface area (Å²) in [5.74, 6) is 0. The molecule has 3 radical (unpaired) electrons. The molecule has 0 N–H and O–H groups in total. The first-order valence-electron chi connectivity index (χ1n) is 4.83. The molecule has 0 aromatic rings. The molecule has 0 nitrogen and oxygen atoms in total. The summed E-state index contributed by atoms with van der Waals surface area (Å²) in [6.45, 7) is 16.5. The lowest BCUT2D eigenvalue weighted by Gasteiger charge is -1.48. The Balaban J connectivity index is -0.00000000698. The van der Waals surface area contributed by atoms with Gasteiger partial charge in [-0.3, -0.25) is 0 Å². The molecule has 0 saturated heterocycles. The molecule has 0 amide bonds. The van der Waals surface area contributed by atoms with Gasteiger partial charge in [0.05, 0.1) is 0 Å². The maximum absolute atomic E-state index is 2.12. The van der Waals surface area contributed by atoms with Crippen molar-refractivity contribution < 1.29 is 0 Å². The van der Waals surface area contributed by atoms with Crippen molar-refractivity contribution in [2.24, 2.45) is 0 Å². The van der Waals surface area contributed by atoms with E-state index in [-0.39, 0.29) is 23.3 Å². The van der Waals surface area contributed by atoms with Crippen LogP contribution in [0.25, 0.3) is 0 Å². The minimum absolute atomic E-state index is 0. The minimum atomic E-state index is 0. The quantitative estimate of drug-likeness (QED) is 0.426. The second-order valence-electron chi connectivity index (χ2n) is 1.41. The van der Waals surface area contributed by atoms with E-state index in [4.69, 9.17) is 0 Å². The fourth-order valence-corrected chi connectivity index (χ4v) is 0. The third kappa shape index (κ3) is 290000. The highest BCUT2D eigenvalue weighted by Crippen LogP contribution is 1.56. The van der Waals surface area contributed by atoms with E-state index in [0.717, 1.165) is 0 Å². The van der Waals surface area contributed by atoms with Crippen LogP contribution in [0.1, 0.15) is 83.1 Å². The molecule has 87 valence electrons. The summed E-state index contributed by atoms with van der Waals surface area (Å²) in [7, 11) is 0. The average Bonchev–Trinajstić information content (AvgIpc) is 1.99. The second-order valence-corrected chi connectivity index (χ2v) is 1.41. The maximum atomic E-state index is 2.12. The van der Waals surface area contributed by atoms with E-state index in [1.54, 1.807) is 0 Å². The average molecular weight is 191 g/mol. The molecule has 0 aromatic carbocycles. The van der Waals surface area contributed by atoms with Gasteiger partial charge in [0.1, 0.15) is 0 Å². The van der Waals surface area contributed by atoms with Gasteiger partial charge in [-0.1, -0.05) is 83.1 Å². The number of hydrogen-bond donors (Lipinski definition) is 0. The summed E-state index contributed by atoms with van der Waals surface area (Å²) < 4.78 is 0. The van der Waals surface area contributed by atoms with Crippen LogP contribution in [0.15, 0.2) is 0 Å². The molecule has 1 heteroatoms. The van der Waals surface area contributed by atoms with E-state index in [1.807, 2.05) is 27.7 Å². The summed E-state index contributed by atoms with van der Waals surface area (Å²) >= 11 is 0. The predicted octanol–water partition coefficient (Wildman–Crippen LogP) is 5.78. The lowest BCUT2D eigenvalue weighted by atomic mass is 10.6. The molecule has 0 aliphatic carbocycles. The third-order valence-electron chi connectivity index (χ3n) is 0. The summed E-state index contributed by atoms with van der Waals surface area (Å²) in [4.78, 5) is 0. The first kappa shape index (κ1) is 51.7. The van der Waals surface area contributed by atoms with Gasteiger partial charge in [0.2, 0.25) is 0 Å². The summed E-state index contributed by atoms with van der Waals surface area (Å²) in [5.41, 5.74) is 0. The zero-order chi connectivity index (χ0) is 9.41. The Morgan fingerprint density at radius 3 is 0.538 bits per heavy atom. The summed E-state index contributed by atoms with van der Waals surface area (Å²) in [6, 6.07) is 0. The van der Waals surface area contributed by atoms with E-state index in [1.165, 1.54) is 12.8 Å². The fourth-order valence-electron chi connectivity index (χ4n) is 0. The molecule has 0 spiro atoms. The van der Waals surface area contributed by atoms with Crippen LogP contribution in [-0.4, -0.2) is 8.41 Å². The van der Waals surface area contributed by atoms with E-state index in [0.29, 0.717) is 0 Å². The highest BCUT2D eigenvalue weighted by molar-refractivity contribution is 5.75. The van der Waals surface area contributed by atoms with Crippen molar-refractivity contribution >= 4 is 8.41 Å². The van der Waals surface area contributed by atoms with Crippen LogP contribution in [-0.2, 0) is 0 Å². The largest absolute Gasteiger partial charge is 0.0776 e. The number of hydrogen-bond acceptors (Lipinski definition) is 0. The molecule has 13 heavy (non-hydrogen) atoms. The Morgan fingerprint density at radius 2 is 0.538 bits per heavy atom. The van der Waals surface area contributed by atoms with E-state index in [9.17, 15) is 0 Å². The fraction of sp³-hybridized carbons (Fsp3) is 1.00. The normalized spacial score (nSPS) is 3.69. The topological polar surface area (TPSA) is 0 Å². The van der Waals surface area contributed by atoms with Gasteiger partial charge < -0.3 is 0 Å². The van der Waals surface area contributed by atoms with E-state index < -0.39 is 0 Å². The lowest BCUT2D eigenvalue weighted by Crippen LogP contribution is -1.27. The van der Waals surface area contributed by atoms with Crippen LogP contribution in [0.4, 0.5) is 0 Å². The van der Waals surface area contributed by atoms with Gasteiger partial charge in [0, 0.05) is 8.41 Å². The molecule has 0 aromatic heterocycles. The monoisotopic (exact) mass is 191 g/mol. The maximum Gasteiger partial charge on any atom is 0 e. The van der Waals surface area contributed by atoms with Gasteiger partial charge in [0.15, 0.2) is 0 Å².